The zero-order chi connectivity index (χ0) is 13.0. The third kappa shape index (κ3) is 3.19. The smallest absolute Gasteiger partial charge is 0.307 e. The second-order valence-electron chi connectivity index (χ2n) is 4.56. The number of hydrogen-bond acceptors (Lipinski definition) is 3. The first-order valence-electron chi connectivity index (χ1n) is 6.24. The van der Waals surface area contributed by atoms with Crippen molar-refractivity contribution in [3.63, 3.8) is 0 Å². The summed E-state index contributed by atoms with van der Waals surface area (Å²) < 4.78 is 5.12. The Kier molecular flexibility index (Phi) is 4.53. The molecular formula is C14H18O3S. The van der Waals surface area contributed by atoms with Gasteiger partial charge in [-0.3, -0.25) is 4.79 Å². The number of ether oxygens (including phenoxy) is 1. The molecule has 1 aliphatic rings. The van der Waals surface area contributed by atoms with Crippen LogP contribution in [0.2, 0.25) is 0 Å². The molecule has 0 bridgehead atoms. The Hall–Kier alpha value is -1.16. The summed E-state index contributed by atoms with van der Waals surface area (Å²) in [6.45, 7) is 0. The Morgan fingerprint density at radius 1 is 1.28 bits per heavy atom. The van der Waals surface area contributed by atoms with Crippen molar-refractivity contribution in [1.82, 2.24) is 0 Å². The van der Waals surface area contributed by atoms with Crippen molar-refractivity contribution in [2.24, 2.45) is 5.92 Å². The zero-order valence-corrected chi connectivity index (χ0v) is 11.3. The summed E-state index contributed by atoms with van der Waals surface area (Å²) in [4.78, 5) is 12.3. The van der Waals surface area contributed by atoms with Crippen LogP contribution in [-0.4, -0.2) is 23.4 Å². The van der Waals surface area contributed by atoms with Crippen LogP contribution in [-0.2, 0) is 4.79 Å². The van der Waals surface area contributed by atoms with Gasteiger partial charge in [0.2, 0.25) is 0 Å². The molecule has 0 heterocycles. The van der Waals surface area contributed by atoms with Gasteiger partial charge in [0, 0.05) is 10.1 Å². The van der Waals surface area contributed by atoms with Crippen molar-refractivity contribution < 1.29 is 14.6 Å². The van der Waals surface area contributed by atoms with Gasteiger partial charge in [-0.1, -0.05) is 12.8 Å². The molecule has 2 atom stereocenters. The molecule has 1 fully saturated rings. The predicted octanol–water partition coefficient (Wildman–Crippen LogP) is 3.43. The Bertz CT molecular complexity index is 402. The van der Waals surface area contributed by atoms with E-state index in [4.69, 9.17) is 4.74 Å². The van der Waals surface area contributed by atoms with Crippen LogP contribution in [0.5, 0.6) is 5.75 Å². The van der Waals surface area contributed by atoms with Crippen LogP contribution in [0, 0.1) is 5.92 Å². The van der Waals surface area contributed by atoms with Crippen molar-refractivity contribution in [3.8, 4) is 5.75 Å². The molecular weight excluding hydrogens is 248 g/mol. The minimum atomic E-state index is -0.652. The number of carboxylic acids is 1. The lowest BCUT2D eigenvalue weighted by atomic mass is 9.89. The van der Waals surface area contributed by atoms with Gasteiger partial charge in [-0.05, 0) is 37.1 Å². The number of aliphatic carboxylic acids is 1. The second-order valence-corrected chi connectivity index (χ2v) is 5.87. The van der Waals surface area contributed by atoms with Crippen LogP contribution < -0.4 is 4.74 Å². The summed E-state index contributed by atoms with van der Waals surface area (Å²) in [6.07, 6.45) is 3.98. The fraction of sp³-hybridized carbons (Fsp3) is 0.500. The fourth-order valence-electron chi connectivity index (χ4n) is 2.35. The van der Waals surface area contributed by atoms with Gasteiger partial charge >= 0.3 is 5.97 Å². The fourth-order valence-corrected chi connectivity index (χ4v) is 3.69. The highest BCUT2D eigenvalue weighted by Crippen LogP contribution is 2.38. The third-order valence-electron chi connectivity index (χ3n) is 3.37. The Morgan fingerprint density at radius 2 is 1.94 bits per heavy atom. The molecule has 3 nitrogen and oxygen atoms in total. The molecule has 0 saturated heterocycles. The number of methoxy groups -OCH3 is 1. The Balaban J connectivity index is 2.03. The maximum Gasteiger partial charge on any atom is 0.307 e. The van der Waals surface area contributed by atoms with Crippen molar-refractivity contribution in [3.05, 3.63) is 24.3 Å². The molecule has 4 heteroatoms. The highest BCUT2D eigenvalue weighted by molar-refractivity contribution is 8.00. The lowest BCUT2D eigenvalue weighted by molar-refractivity contribution is -0.142. The average Bonchev–Trinajstić information content (AvgIpc) is 2.40. The highest BCUT2D eigenvalue weighted by Gasteiger charge is 2.31. The Morgan fingerprint density at radius 3 is 2.56 bits per heavy atom. The van der Waals surface area contributed by atoms with E-state index in [0.29, 0.717) is 0 Å². The number of carboxylic acid groups (broad SMARTS) is 1. The van der Waals surface area contributed by atoms with E-state index in [0.717, 1.165) is 36.3 Å². The second kappa shape index (κ2) is 6.14. The summed E-state index contributed by atoms with van der Waals surface area (Å²) in [6, 6.07) is 7.83. The van der Waals surface area contributed by atoms with E-state index in [1.165, 1.54) is 0 Å². The van der Waals surface area contributed by atoms with Crippen LogP contribution in [0.15, 0.2) is 29.2 Å². The number of hydrogen-bond donors (Lipinski definition) is 1. The van der Waals surface area contributed by atoms with Crippen LogP contribution in [0.1, 0.15) is 25.7 Å². The molecule has 2 rings (SSSR count). The van der Waals surface area contributed by atoms with Gasteiger partial charge in [0.05, 0.1) is 13.0 Å². The van der Waals surface area contributed by atoms with Gasteiger partial charge < -0.3 is 9.84 Å². The van der Waals surface area contributed by atoms with Gasteiger partial charge in [-0.25, -0.2) is 0 Å². The van der Waals surface area contributed by atoms with E-state index in [1.807, 2.05) is 24.3 Å². The maximum absolute atomic E-state index is 11.2. The van der Waals surface area contributed by atoms with Crippen LogP contribution >= 0.6 is 11.8 Å². The molecule has 0 aliphatic heterocycles. The number of benzene rings is 1. The van der Waals surface area contributed by atoms with E-state index < -0.39 is 5.97 Å². The molecule has 0 radical (unpaired) electrons. The zero-order valence-electron chi connectivity index (χ0n) is 10.5. The maximum atomic E-state index is 11.2. The van der Waals surface area contributed by atoms with Gasteiger partial charge in [-0.2, -0.15) is 0 Å². The quantitative estimate of drug-likeness (QED) is 0.907. The van der Waals surface area contributed by atoms with E-state index in [9.17, 15) is 9.90 Å². The van der Waals surface area contributed by atoms with Gasteiger partial charge in [0.1, 0.15) is 5.75 Å². The van der Waals surface area contributed by atoms with E-state index in [2.05, 4.69) is 0 Å². The molecule has 1 aliphatic carbocycles. The first kappa shape index (κ1) is 13.3. The number of thioether (sulfide) groups is 1. The standard InChI is InChI=1S/C14H18O3S/c1-17-10-6-8-11(9-7-10)18-13-5-3-2-4-12(13)14(15)16/h6-9,12-13H,2-5H2,1H3,(H,15,16). The highest BCUT2D eigenvalue weighted by atomic mass is 32.2. The SMILES string of the molecule is COc1ccc(SC2CCCCC2C(=O)O)cc1. The normalized spacial score (nSPS) is 23.6. The first-order valence-corrected chi connectivity index (χ1v) is 7.12. The Labute approximate surface area is 112 Å². The summed E-state index contributed by atoms with van der Waals surface area (Å²) >= 11 is 1.68. The molecule has 1 aromatic rings. The van der Waals surface area contributed by atoms with Crippen molar-refractivity contribution in [2.75, 3.05) is 7.11 Å². The summed E-state index contributed by atoms with van der Waals surface area (Å²) in [5, 5.41) is 9.43. The number of rotatable bonds is 4. The molecule has 2 unspecified atom stereocenters. The molecule has 1 aromatic carbocycles. The van der Waals surface area contributed by atoms with Gasteiger partial charge in [-0.15, -0.1) is 11.8 Å². The molecule has 0 aromatic heterocycles. The summed E-state index contributed by atoms with van der Waals surface area (Å²) in [5.74, 6) is -0.0238. The minimum absolute atomic E-state index is 0.199. The predicted molar refractivity (Wildman–Crippen MR) is 72.2 cm³/mol. The molecule has 0 spiro atoms. The lowest BCUT2D eigenvalue weighted by Crippen LogP contribution is -2.28. The molecule has 1 saturated carbocycles. The number of carbonyl (C=O) groups is 1. The molecule has 0 amide bonds. The van der Waals surface area contributed by atoms with Gasteiger partial charge in [0.15, 0.2) is 0 Å². The van der Waals surface area contributed by atoms with E-state index >= 15 is 0 Å². The van der Waals surface area contributed by atoms with Gasteiger partial charge in [0.25, 0.3) is 0 Å². The van der Waals surface area contributed by atoms with E-state index in [1.54, 1.807) is 18.9 Å². The molecule has 1 N–H and O–H groups in total. The molecule has 18 heavy (non-hydrogen) atoms. The first-order chi connectivity index (χ1) is 8.70. The largest absolute Gasteiger partial charge is 0.497 e. The lowest BCUT2D eigenvalue weighted by Gasteiger charge is -2.27. The monoisotopic (exact) mass is 266 g/mol. The van der Waals surface area contributed by atoms with Crippen molar-refractivity contribution in [1.29, 1.82) is 0 Å². The van der Waals surface area contributed by atoms with Crippen LogP contribution in [0.25, 0.3) is 0 Å². The average molecular weight is 266 g/mol. The summed E-state index contributed by atoms with van der Waals surface area (Å²) in [5.41, 5.74) is 0. The topological polar surface area (TPSA) is 46.5 Å². The van der Waals surface area contributed by atoms with Crippen molar-refractivity contribution in [2.45, 2.75) is 35.8 Å². The molecule has 98 valence electrons. The van der Waals surface area contributed by atoms with Crippen LogP contribution in [0.3, 0.4) is 0 Å². The minimum Gasteiger partial charge on any atom is -0.497 e. The van der Waals surface area contributed by atoms with E-state index in [-0.39, 0.29) is 11.2 Å². The van der Waals surface area contributed by atoms with Crippen molar-refractivity contribution >= 4 is 17.7 Å². The van der Waals surface area contributed by atoms with Crippen LogP contribution in [0.4, 0.5) is 0 Å². The third-order valence-corrected chi connectivity index (χ3v) is 4.78. The summed E-state index contributed by atoms with van der Waals surface area (Å²) in [7, 11) is 1.64.